The van der Waals surface area contributed by atoms with Crippen LogP contribution in [0.5, 0.6) is 0 Å². The molecule has 0 aliphatic rings. The van der Waals surface area contributed by atoms with Gasteiger partial charge in [-0.25, -0.2) is 4.79 Å². The third kappa shape index (κ3) is 5.08. The van der Waals surface area contributed by atoms with Gasteiger partial charge in [0.15, 0.2) is 0 Å². The van der Waals surface area contributed by atoms with E-state index in [-0.39, 0.29) is 13.0 Å². The van der Waals surface area contributed by atoms with Gasteiger partial charge >= 0.3 is 11.9 Å². The molecule has 1 aromatic carbocycles. The summed E-state index contributed by atoms with van der Waals surface area (Å²) in [6.45, 7) is 1.88. The highest BCUT2D eigenvalue weighted by Gasteiger charge is 2.22. The van der Waals surface area contributed by atoms with Gasteiger partial charge in [-0.1, -0.05) is 11.6 Å². The maximum Gasteiger partial charge on any atom is 0.326 e. The number of carbonyl (C=O) groups excluding carboxylic acids is 1. The number of benzene rings is 1. The number of carboxylic acid groups (broad SMARTS) is 1. The van der Waals surface area contributed by atoms with Gasteiger partial charge < -0.3 is 15.2 Å². The monoisotopic (exact) mass is 349 g/mol. The number of rotatable bonds is 6. The summed E-state index contributed by atoms with van der Waals surface area (Å²) in [5, 5.41) is 12.3. The van der Waals surface area contributed by atoms with Crippen LogP contribution in [0.25, 0.3) is 0 Å². The molecule has 0 saturated carbocycles. The summed E-state index contributed by atoms with van der Waals surface area (Å²) in [5.41, 5.74) is 0.549. The van der Waals surface area contributed by atoms with E-state index in [1.165, 1.54) is 0 Å². The first-order valence-corrected chi connectivity index (χ1v) is 6.71. The molecular formula is C12H13BrClNO4. The minimum absolute atomic E-state index is 0.220. The smallest absolute Gasteiger partial charge is 0.326 e. The summed E-state index contributed by atoms with van der Waals surface area (Å²) in [4.78, 5) is 22.4. The highest BCUT2D eigenvalue weighted by molar-refractivity contribution is 9.10. The maximum absolute atomic E-state index is 11.3. The number of nitrogens with one attached hydrogen (secondary N) is 1. The molecule has 0 bridgehead atoms. The first-order valence-electron chi connectivity index (χ1n) is 5.54. The summed E-state index contributed by atoms with van der Waals surface area (Å²) in [6, 6.07) is 3.85. The van der Waals surface area contributed by atoms with Gasteiger partial charge in [-0.05, 0) is 41.1 Å². The fourth-order valence-corrected chi connectivity index (χ4v) is 1.87. The molecule has 1 rings (SSSR count). The van der Waals surface area contributed by atoms with Crippen LogP contribution >= 0.6 is 27.5 Å². The van der Waals surface area contributed by atoms with Crippen molar-refractivity contribution in [2.45, 2.75) is 19.4 Å². The average Bonchev–Trinajstić information content (AvgIpc) is 2.33. The lowest BCUT2D eigenvalue weighted by molar-refractivity contribution is -0.148. The van der Waals surface area contributed by atoms with E-state index in [0.29, 0.717) is 15.2 Å². The van der Waals surface area contributed by atoms with Gasteiger partial charge in [0, 0.05) is 10.2 Å². The molecule has 2 N–H and O–H groups in total. The highest BCUT2D eigenvalue weighted by atomic mass is 79.9. The Balaban J connectivity index is 2.75. The van der Waals surface area contributed by atoms with Crippen LogP contribution in [0.2, 0.25) is 5.02 Å². The van der Waals surface area contributed by atoms with Crippen molar-refractivity contribution in [1.82, 2.24) is 0 Å². The molecule has 0 aliphatic heterocycles. The highest BCUT2D eigenvalue weighted by Crippen LogP contribution is 2.26. The third-order valence-corrected chi connectivity index (χ3v) is 3.45. The van der Waals surface area contributed by atoms with Gasteiger partial charge in [-0.3, -0.25) is 4.79 Å². The predicted molar refractivity (Wildman–Crippen MR) is 75.4 cm³/mol. The van der Waals surface area contributed by atoms with Crippen LogP contribution in [-0.4, -0.2) is 29.7 Å². The van der Waals surface area contributed by atoms with Crippen molar-refractivity contribution in [3.63, 3.8) is 0 Å². The zero-order valence-corrected chi connectivity index (χ0v) is 12.5. The zero-order chi connectivity index (χ0) is 14.4. The Bertz CT molecular complexity index is 481. The standard InChI is InChI=1S/C12H13BrClNO4/c1-2-19-11(16)6-10(12(17)18)15-7-3-4-9(14)8(13)5-7/h3-5,10,15H,2,6H2,1H3,(H,17,18). The molecule has 104 valence electrons. The van der Waals surface area contributed by atoms with Crippen LogP contribution in [0.1, 0.15) is 13.3 Å². The van der Waals surface area contributed by atoms with Crippen LogP contribution < -0.4 is 5.32 Å². The van der Waals surface area contributed by atoms with Gasteiger partial charge in [0.05, 0.1) is 18.1 Å². The second-order valence-electron chi connectivity index (χ2n) is 3.67. The van der Waals surface area contributed by atoms with Crippen molar-refractivity contribution < 1.29 is 19.4 Å². The van der Waals surface area contributed by atoms with Gasteiger partial charge in [0.1, 0.15) is 6.04 Å². The number of hydrogen-bond donors (Lipinski definition) is 2. The summed E-state index contributed by atoms with van der Waals surface area (Å²) in [6.07, 6.45) is -0.247. The molecule has 1 aromatic rings. The van der Waals surface area contributed by atoms with E-state index in [1.807, 2.05) is 0 Å². The van der Waals surface area contributed by atoms with Crippen LogP contribution in [0.3, 0.4) is 0 Å². The Morgan fingerprint density at radius 2 is 2.21 bits per heavy atom. The van der Waals surface area contributed by atoms with Crippen LogP contribution in [-0.2, 0) is 14.3 Å². The molecule has 0 amide bonds. The number of carbonyl (C=O) groups is 2. The van der Waals surface area contributed by atoms with Crippen molar-refractivity contribution in [1.29, 1.82) is 0 Å². The molecule has 5 nitrogen and oxygen atoms in total. The Morgan fingerprint density at radius 3 is 2.74 bits per heavy atom. The molecule has 1 unspecified atom stereocenters. The topological polar surface area (TPSA) is 75.6 Å². The molecule has 7 heteroatoms. The number of carboxylic acids is 1. The van der Waals surface area contributed by atoms with Crippen molar-refractivity contribution in [3.05, 3.63) is 27.7 Å². The number of aliphatic carboxylic acids is 1. The van der Waals surface area contributed by atoms with Gasteiger partial charge in [-0.15, -0.1) is 0 Å². The summed E-state index contributed by atoms with van der Waals surface area (Å²) >= 11 is 9.08. The van der Waals surface area contributed by atoms with Crippen molar-refractivity contribution in [2.75, 3.05) is 11.9 Å². The summed E-state index contributed by atoms with van der Waals surface area (Å²) in [5.74, 6) is -1.69. The van der Waals surface area contributed by atoms with E-state index in [0.717, 1.165) is 0 Å². The molecular weight excluding hydrogens is 337 g/mol. The second kappa shape index (κ2) is 7.35. The SMILES string of the molecule is CCOC(=O)CC(Nc1ccc(Cl)c(Br)c1)C(=O)O. The largest absolute Gasteiger partial charge is 0.480 e. The van der Waals surface area contributed by atoms with Crippen LogP contribution in [0.15, 0.2) is 22.7 Å². The molecule has 0 spiro atoms. The van der Waals surface area contributed by atoms with Gasteiger partial charge in [0.2, 0.25) is 0 Å². The molecule has 19 heavy (non-hydrogen) atoms. The van der Waals surface area contributed by atoms with E-state index in [4.69, 9.17) is 21.4 Å². The first-order chi connectivity index (χ1) is 8.93. The van der Waals surface area contributed by atoms with E-state index < -0.39 is 18.0 Å². The minimum Gasteiger partial charge on any atom is -0.480 e. The maximum atomic E-state index is 11.3. The Hall–Kier alpha value is -1.27. The van der Waals surface area contributed by atoms with Gasteiger partial charge in [-0.2, -0.15) is 0 Å². The zero-order valence-electron chi connectivity index (χ0n) is 10.2. The van der Waals surface area contributed by atoms with Crippen LogP contribution in [0, 0.1) is 0 Å². The molecule has 0 fully saturated rings. The third-order valence-electron chi connectivity index (χ3n) is 2.23. The lowest BCUT2D eigenvalue weighted by Gasteiger charge is -2.15. The summed E-state index contributed by atoms with van der Waals surface area (Å²) in [7, 11) is 0. The lowest BCUT2D eigenvalue weighted by Crippen LogP contribution is -2.32. The molecule has 1 atom stereocenters. The molecule has 0 saturated heterocycles. The molecule has 0 aliphatic carbocycles. The number of ether oxygens (including phenoxy) is 1. The molecule has 0 heterocycles. The Kier molecular flexibility index (Phi) is 6.11. The number of esters is 1. The predicted octanol–water partition coefficient (Wildman–Crippen LogP) is 2.92. The van der Waals surface area contributed by atoms with Crippen molar-refractivity contribution in [2.24, 2.45) is 0 Å². The lowest BCUT2D eigenvalue weighted by atomic mass is 10.2. The fourth-order valence-electron chi connectivity index (χ4n) is 1.37. The number of halogens is 2. The van der Waals surface area contributed by atoms with Gasteiger partial charge in [0.25, 0.3) is 0 Å². The van der Waals surface area contributed by atoms with Crippen molar-refractivity contribution >= 4 is 45.2 Å². The Morgan fingerprint density at radius 1 is 1.53 bits per heavy atom. The van der Waals surface area contributed by atoms with E-state index in [1.54, 1.807) is 25.1 Å². The summed E-state index contributed by atoms with van der Waals surface area (Å²) < 4.78 is 5.37. The Labute approximate surface area is 124 Å². The normalized spacial score (nSPS) is 11.7. The molecule has 0 aromatic heterocycles. The molecule has 0 radical (unpaired) electrons. The minimum atomic E-state index is -1.13. The van der Waals surface area contributed by atoms with E-state index in [2.05, 4.69) is 21.2 Å². The fraction of sp³-hybridized carbons (Fsp3) is 0.333. The quantitative estimate of drug-likeness (QED) is 0.772. The van der Waals surface area contributed by atoms with E-state index >= 15 is 0 Å². The van der Waals surface area contributed by atoms with Crippen molar-refractivity contribution in [3.8, 4) is 0 Å². The second-order valence-corrected chi connectivity index (χ2v) is 4.93. The average molecular weight is 351 g/mol. The van der Waals surface area contributed by atoms with Crippen LogP contribution in [0.4, 0.5) is 5.69 Å². The number of anilines is 1. The first kappa shape index (κ1) is 15.8. The van der Waals surface area contributed by atoms with E-state index in [9.17, 15) is 9.59 Å². The number of hydrogen-bond acceptors (Lipinski definition) is 4.